The lowest BCUT2D eigenvalue weighted by atomic mass is 10.1. The maximum atomic E-state index is 12.2. The summed E-state index contributed by atoms with van der Waals surface area (Å²) in [4.78, 5) is 16.4. The summed E-state index contributed by atoms with van der Waals surface area (Å²) in [6.45, 7) is 3.10. The zero-order valence-corrected chi connectivity index (χ0v) is 14.7. The Morgan fingerprint density at radius 2 is 2.26 bits per heavy atom. The Balaban J connectivity index is 1.42. The first-order chi connectivity index (χ1) is 13.2. The van der Waals surface area contributed by atoms with Gasteiger partial charge in [0.1, 0.15) is 18.1 Å². The number of nitrogens with one attached hydrogen (secondary N) is 1. The first-order valence-electron chi connectivity index (χ1n) is 8.55. The Kier molecular flexibility index (Phi) is 4.84. The van der Waals surface area contributed by atoms with Crippen molar-refractivity contribution in [2.45, 2.75) is 26.0 Å². The lowest BCUT2D eigenvalue weighted by Gasteiger charge is -2.07. The van der Waals surface area contributed by atoms with E-state index in [1.165, 1.54) is 6.07 Å². The molecule has 1 amide bonds. The molecule has 0 aromatic carbocycles. The molecule has 0 saturated carbocycles. The second-order valence-corrected chi connectivity index (χ2v) is 6.13. The minimum atomic E-state index is -0.344. The van der Waals surface area contributed by atoms with Crippen molar-refractivity contribution in [1.29, 1.82) is 0 Å². The Bertz CT molecular complexity index is 915. The summed E-state index contributed by atoms with van der Waals surface area (Å²) in [6.07, 6.45) is 2.47. The van der Waals surface area contributed by atoms with Crippen molar-refractivity contribution < 1.29 is 23.3 Å². The minimum Gasteiger partial charge on any atom is -0.470 e. The van der Waals surface area contributed by atoms with Crippen molar-refractivity contribution in [2.75, 3.05) is 13.2 Å². The molecule has 0 bridgehead atoms. The molecule has 1 aliphatic heterocycles. The van der Waals surface area contributed by atoms with Crippen molar-refractivity contribution >= 4 is 5.91 Å². The van der Waals surface area contributed by atoms with E-state index in [9.17, 15) is 4.79 Å². The molecule has 1 fully saturated rings. The van der Waals surface area contributed by atoms with E-state index in [4.69, 9.17) is 18.5 Å². The Morgan fingerprint density at radius 1 is 1.33 bits per heavy atom. The van der Waals surface area contributed by atoms with Gasteiger partial charge in [-0.05, 0) is 30.6 Å². The van der Waals surface area contributed by atoms with Crippen LogP contribution in [0.1, 0.15) is 28.3 Å². The van der Waals surface area contributed by atoms with E-state index in [2.05, 4.69) is 20.6 Å². The largest absolute Gasteiger partial charge is 0.470 e. The van der Waals surface area contributed by atoms with Gasteiger partial charge < -0.3 is 23.8 Å². The highest BCUT2D eigenvalue weighted by Gasteiger charge is 2.22. The molecule has 0 radical (unpaired) electrons. The highest BCUT2D eigenvalue weighted by atomic mass is 16.5. The smallest absolute Gasteiger partial charge is 0.290 e. The van der Waals surface area contributed by atoms with Crippen LogP contribution in [-0.4, -0.2) is 40.5 Å². The third-order valence-electron chi connectivity index (χ3n) is 4.23. The van der Waals surface area contributed by atoms with Gasteiger partial charge in [0.2, 0.25) is 5.76 Å². The van der Waals surface area contributed by atoms with Crippen molar-refractivity contribution in [3.63, 3.8) is 0 Å². The van der Waals surface area contributed by atoms with Crippen LogP contribution in [-0.2, 0) is 11.3 Å². The standard InChI is InChI=1S/C18H18N4O5/c1-11-13(17(22-26-11)14-4-2-3-6-19-14)10-25-16-8-15(27-21-16)18(23)20-12-5-7-24-9-12/h2-4,6,8,12H,5,7,9-10H2,1H3,(H,20,23). The van der Waals surface area contributed by atoms with Crippen LogP contribution < -0.4 is 10.1 Å². The topological polar surface area (TPSA) is 113 Å². The van der Waals surface area contributed by atoms with Crippen LogP contribution >= 0.6 is 0 Å². The SMILES string of the molecule is Cc1onc(-c2ccccn2)c1COc1cc(C(=O)NC2CCOC2)on1. The second kappa shape index (κ2) is 7.58. The molecule has 9 heteroatoms. The molecule has 4 heterocycles. The van der Waals surface area contributed by atoms with E-state index in [0.717, 1.165) is 12.0 Å². The number of pyridine rings is 1. The molecule has 1 aliphatic rings. The average Bonchev–Trinajstić information content (AvgIpc) is 3.42. The molecule has 140 valence electrons. The lowest BCUT2D eigenvalue weighted by Crippen LogP contribution is -2.34. The highest BCUT2D eigenvalue weighted by Crippen LogP contribution is 2.25. The molecule has 0 spiro atoms. The van der Waals surface area contributed by atoms with Crippen molar-refractivity contribution in [3.05, 3.63) is 47.5 Å². The van der Waals surface area contributed by atoms with Gasteiger partial charge in [0, 0.05) is 12.8 Å². The Labute approximate surface area is 154 Å². The third-order valence-corrected chi connectivity index (χ3v) is 4.23. The fraction of sp³-hybridized carbons (Fsp3) is 0.333. The van der Waals surface area contributed by atoms with E-state index in [0.29, 0.717) is 30.4 Å². The van der Waals surface area contributed by atoms with Crippen molar-refractivity contribution in [3.8, 4) is 17.3 Å². The summed E-state index contributed by atoms with van der Waals surface area (Å²) >= 11 is 0. The number of nitrogens with zero attached hydrogens (tertiary/aromatic N) is 3. The molecule has 1 atom stereocenters. The van der Waals surface area contributed by atoms with Gasteiger partial charge in [0.05, 0.1) is 30.0 Å². The maximum Gasteiger partial charge on any atom is 0.290 e. The van der Waals surface area contributed by atoms with Crippen LogP contribution in [0.25, 0.3) is 11.4 Å². The fourth-order valence-corrected chi connectivity index (χ4v) is 2.75. The van der Waals surface area contributed by atoms with E-state index in [1.807, 2.05) is 18.2 Å². The van der Waals surface area contributed by atoms with Crippen LogP contribution in [0.5, 0.6) is 5.88 Å². The average molecular weight is 370 g/mol. The normalized spacial score (nSPS) is 16.4. The number of carbonyl (C=O) groups excluding carboxylic acids is 1. The van der Waals surface area contributed by atoms with E-state index in [1.54, 1.807) is 13.1 Å². The zero-order chi connectivity index (χ0) is 18.6. The number of ether oxygens (including phenoxy) is 2. The molecular weight excluding hydrogens is 352 g/mol. The van der Waals surface area contributed by atoms with Crippen LogP contribution in [0, 0.1) is 6.92 Å². The molecule has 27 heavy (non-hydrogen) atoms. The Morgan fingerprint density at radius 3 is 3.04 bits per heavy atom. The molecule has 3 aromatic heterocycles. The molecule has 9 nitrogen and oxygen atoms in total. The van der Waals surface area contributed by atoms with Gasteiger partial charge in [-0.3, -0.25) is 9.78 Å². The Hall–Kier alpha value is -3.20. The summed E-state index contributed by atoms with van der Waals surface area (Å²) < 4.78 is 21.2. The van der Waals surface area contributed by atoms with Gasteiger partial charge in [0.25, 0.3) is 11.8 Å². The number of rotatable bonds is 6. The fourth-order valence-electron chi connectivity index (χ4n) is 2.75. The number of carbonyl (C=O) groups is 1. The van der Waals surface area contributed by atoms with E-state index in [-0.39, 0.29) is 30.2 Å². The summed E-state index contributed by atoms with van der Waals surface area (Å²) in [5, 5.41) is 10.7. The summed E-state index contributed by atoms with van der Waals surface area (Å²) in [6, 6.07) is 6.98. The van der Waals surface area contributed by atoms with Crippen LogP contribution in [0.3, 0.4) is 0 Å². The van der Waals surface area contributed by atoms with Crippen LogP contribution in [0.4, 0.5) is 0 Å². The number of aromatic nitrogens is 3. The molecule has 3 aromatic rings. The maximum absolute atomic E-state index is 12.2. The quantitative estimate of drug-likeness (QED) is 0.702. The summed E-state index contributed by atoms with van der Waals surface area (Å²) in [5.74, 6) is 0.570. The first kappa shape index (κ1) is 17.2. The van der Waals surface area contributed by atoms with Gasteiger partial charge in [-0.2, -0.15) is 0 Å². The number of aryl methyl sites for hydroxylation is 1. The number of hydrogen-bond donors (Lipinski definition) is 1. The summed E-state index contributed by atoms with van der Waals surface area (Å²) in [5.41, 5.74) is 2.05. The predicted octanol–water partition coefficient (Wildman–Crippen LogP) is 2.13. The van der Waals surface area contributed by atoms with Gasteiger partial charge in [-0.15, -0.1) is 0 Å². The van der Waals surface area contributed by atoms with Crippen LogP contribution in [0.15, 0.2) is 39.5 Å². The van der Waals surface area contributed by atoms with Gasteiger partial charge in [-0.1, -0.05) is 11.2 Å². The van der Waals surface area contributed by atoms with Gasteiger partial charge in [0.15, 0.2) is 0 Å². The predicted molar refractivity (Wildman–Crippen MR) is 92.0 cm³/mol. The molecule has 0 aliphatic carbocycles. The van der Waals surface area contributed by atoms with E-state index >= 15 is 0 Å². The zero-order valence-electron chi connectivity index (χ0n) is 14.7. The van der Waals surface area contributed by atoms with Crippen molar-refractivity contribution in [2.24, 2.45) is 0 Å². The van der Waals surface area contributed by atoms with Gasteiger partial charge >= 0.3 is 0 Å². The highest BCUT2D eigenvalue weighted by molar-refractivity contribution is 5.91. The molecular formula is C18H18N4O5. The van der Waals surface area contributed by atoms with E-state index < -0.39 is 0 Å². The number of amides is 1. The first-order valence-corrected chi connectivity index (χ1v) is 8.55. The third kappa shape index (κ3) is 3.82. The monoisotopic (exact) mass is 370 g/mol. The molecule has 1 N–H and O–H groups in total. The number of hydrogen-bond acceptors (Lipinski definition) is 8. The van der Waals surface area contributed by atoms with Crippen molar-refractivity contribution in [1.82, 2.24) is 20.6 Å². The minimum absolute atomic E-state index is 0.00690. The molecule has 1 unspecified atom stereocenters. The molecule has 4 rings (SSSR count). The molecule has 1 saturated heterocycles. The second-order valence-electron chi connectivity index (χ2n) is 6.13. The van der Waals surface area contributed by atoms with Crippen LogP contribution in [0.2, 0.25) is 0 Å². The van der Waals surface area contributed by atoms with Gasteiger partial charge in [-0.25, -0.2) is 0 Å². The lowest BCUT2D eigenvalue weighted by molar-refractivity contribution is 0.0892. The summed E-state index contributed by atoms with van der Waals surface area (Å²) in [7, 11) is 0.